The third kappa shape index (κ3) is 19.6. The quantitative estimate of drug-likeness (QED) is 0.158. The second-order valence-corrected chi connectivity index (χ2v) is 8.83. The number of alkyl halides is 3. The molecular formula is C29H48F3N5O2. The van der Waals surface area contributed by atoms with Gasteiger partial charge in [-0.2, -0.15) is 13.2 Å². The Morgan fingerprint density at radius 1 is 1.28 bits per heavy atom. The van der Waals surface area contributed by atoms with E-state index in [-0.39, 0.29) is 25.1 Å². The normalized spacial score (nSPS) is 12.1. The number of ether oxygens (including phenoxy) is 1. The molecule has 0 saturated carbocycles. The zero-order chi connectivity index (χ0) is 30.4. The van der Waals surface area contributed by atoms with Gasteiger partial charge in [-0.25, -0.2) is 9.78 Å². The number of nitrogens with zero attached hydrogens (tertiary/aromatic N) is 4. The zero-order valence-electron chi connectivity index (χ0n) is 24.7. The number of allylic oxidation sites excluding steroid dienone is 3. The Morgan fingerprint density at radius 2 is 1.87 bits per heavy atom. The average Bonchev–Trinajstić information content (AvgIpc) is 3.25. The molecular weight excluding hydrogens is 507 g/mol. The smallest absolute Gasteiger partial charge is 0.375 e. The van der Waals surface area contributed by atoms with Crippen LogP contribution in [0.1, 0.15) is 66.6 Å². The number of carbonyl (C=O) groups is 1. The van der Waals surface area contributed by atoms with E-state index in [2.05, 4.69) is 35.0 Å². The maximum absolute atomic E-state index is 12.7. The van der Waals surface area contributed by atoms with Gasteiger partial charge in [-0.05, 0) is 54.4 Å². The fourth-order valence-electron chi connectivity index (χ4n) is 3.12. The molecule has 0 aliphatic rings. The molecule has 1 aromatic rings. The summed E-state index contributed by atoms with van der Waals surface area (Å²) in [5, 5.41) is 2.70. The summed E-state index contributed by atoms with van der Waals surface area (Å²) in [5.41, 5.74) is 1.27. The van der Waals surface area contributed by atoms with Gasteiger partial charge in [0, 0.05) is 50.2 Å². The molecule has 0 spiro atoms. The average molecular weight is 556 g/mol. The number of carbonyl (C=O) groups excluding carboxylic acids is 1. The number of aryl methyl sites for hydroxylation is 1. The first-order chi connectivity index (χ1) is 18.3. The van der Waals surface area contributed by atoms with Crippen LogP contribution in [-0.4, -0.2) is 64.2 Å². The van der Waals surface area contributed by atoms with Crippen LogP contribution in [0.15, 0.2) is 67.1 Å². The van der Waals surface area contributed by atoms with Gasteiger partial charge in [0.25, 0.3) is 0 Å². The Morgan fingerprint density at radius 3 is 2.31 bits per heavy atom. The molecule has 1 N–H and O–H groups in total. The minimum absolute atomic E-state index is 0.0515. The highest BCUT2D eigenvalue weighted by Crippen LogP contribution is 2.22. The predicted molar refractivity (Wildman–Crippen MR) is 156 cm³/mol. The summed E-state index contributed by atoms with van der Waals surface area (Å²) in [5.74, 6) is 0.675. The first-order valence-electron chi connectivity index (χ1n) is 13.0. The van der Waals surface area contributed by atoms with Crippen LogP contribution >= 0.6 is 0 Å². The van der Waals surface area contributed by atoms with Crippen LogP contribution in [0, 0.1) is 0 Å². The topological polar surface area (TPSA) is 71.8 Å². The Balaban J connectivity index is 0. The van der Waals surface area contributed by atoms with Gasteiger partial charge in [-0.15, -0.1) is 13.2 Å². The van der Waals surface area contributed by atoms with E-state index in [9.17, 15) is 18.0 Å². The lowest BCUT2D eigenvalue weighted by molar-refractivity contribution is -0.136. The van der Waals surface area contributed by atoms with E-state index >= 15 is 0 Å². The Labute approximate surface area is 233 Å². The number of aromatic nitrogens is 2. The van der Waals surface area contributed by atoms with E-state index in [0.717, 1.165) is 0 Å². The summed E-state index contributed by atoms with van der Waals surface area (Å²) in [7, 11) is 1.85. The Bertz CT molecular complexity index is 899. The van der Waals surface area contributed by atoms with Gasteiger partial charge in [0.1, 0.15) is 5.71 Å². The number of hydrogen-bond acceptors (Lipinski definition) is 4. The van der Waals surface area contributed by atoms with E-state index in [1.54, 1.807) is 48.5 Å². The SMILES string of the molecule is C=C(C)N=C(COCC/C=C\C(CCC(F)(F)F)NC(=O)N(CC)C(C)C)c1nccn1C.C=CC.C=CC. The summed E-state index contributed by atoms with van der Waals surface area (Å²) < 4.78 is 45.7. The van der Waals surface area contributed by atoms with Gasteiger partial charge < -0.3 is 19.5 Å². The van der Waals surface area contributed by atoms with E-state index < -0.39 is 18.6 Å². The van der Waals surface area contributed by atoms with E-state index in [1.807, 2.05) is 46.2 Å². The zero-order valence-corrected chi connectivity index (χ0v) is 24.7. The van der Waals surface area contributed by atoms with E-state index in [1.165, 1.54) is 0 Å². The molecule has 39 heavy (non-hydrogen) atoms. The number of hydrogen-bond donors (Lipinski definition) is 1. The molecule has 0 radical (unpaired) electrons. The van der Waals surface area contributed by atoms with Crippen molar-refractivity contribution in [2.24, 2.45) is 12.0 Å². The van der Waals surface area contributed by atoms with Crippen molar-refractivity contribution >= 4 is 11.7 Å². The van der Waals surface area contributed by atoms with Gasteiger partial charge in [-0.3, -0.25) is 4.99 Å². The van der Waals surface area contributed by atoms with Crippen LogP contribution in [0.25, 0.3) is 0 Å². The molecule has 0 fully saturated rings. The van der Waals surface area contributed by atoms with Crippen molar-refractivity contribution in [1.82, 2.24) is 19.8 Å². The van der Waals surface area contributed by atoms with Crippen LogP contribution in [-0.2, 0) is 11.8 Å². The lowest BCUT2D eigenvalue weighted by atomic mass is 10.1. The molecule has 10 heteroatoms. The Hall–Kier alpha value is -3.14. The molecule has 1 unspecified atom stereocenters. The largest absolute Gasteiger partial charge is 0.389 e. The number of rotatable bonds is 13. The van der Waals surface area contributed by atoms with E-state index in [4.69, 9.17) is 4.74 Å². The maximum Gasteiger partial charge on any atom is 0.389 e. The van der Waals surface area contributed by atoms with Gasteiger partial charge in [0.2, 0.25) is 0 Å². The highest BCUT2D eigenvalue weighted by atomic mass is 19.4. The van der Waals surface area contributed by atoms with Gasteiger partial charge in [0.15, 0.2) is 5.82 Å². The van der Waals surface area contributed by atoms with Crippen molar-refractivity contribution < 1.29 is 22.7 Å². The summed E-state index contributed by atoms with van der Waals surface area (Å²) in [6.45, 7) is 22.6. The molecule has 1 atom stereocenters. The third-order valence-corrected chi connectivity index (χ3v) is 4.71. The summed E-state index contributed by atoms with van der Waals surface area (Å²) in [4.78, 5) is 22.7. The molecule has 7 nitrogen and oxygen atoms in total. The van der Waals surface area contributed by atoms with Gasteiger partial charge in [0.05, 0.1) is 13.2 Å². The van der Waals surface area contributed by atoms with Crippen molar-refractivity contribution in [2.75, 3.05) is 19.8 Å². The maximum atomic E-state index is 12.7. The van der Waals surface area contributed by atoms with Crippen LogP contribution in [0.4, 0.5) is 18.0 Å². The lowest BCUT2D eigenvalue weighted by Gasteiger charge is -2.27. The molecule has 0 aliphatic carbocycles. The van der Waals surface area contributed by atoms with Crippen LogP contribution in [0.5, 0.6) is 0 Å². The summed E-state index contributed by atoms with van der Waals surface area (Å²) in [6, 6.07) is -1.15. The van der Waals surface area contributed by atoms with Crippen LogP contribution in [0.3, 0.4) is 0 Å². The number of aliphatic imine (C=N–C) groups is 1. The monoisotopic (exact) mass is 555 g/mol. The number of urea groups is 1. The van der Waals surface area contributed by atoms with Crippen molar-refractivity contribution in [3.05, 3.63) is 68.0 Å². The molecule has 1 rings (SSSR count). The Kier molecular flexibility index (Phi) is 21.2. The van der Waals surface area contributed by atoms with Gasteiger partial charge in [-0.1, -0.05) is 30.9 Å². The van der Waals surface area contributed by atoms with Crippen LogP contribution in [0.2, 0.25) is 0 Å². The predicted octanol–water partition coefficient (Wildman–Crippen LogP) is 7.24. The van der Waals surface area contributed by atoms with Gasteiger partial charge >= 0.3 is 12.2 Å². The molecule has 2 amide bonds. The first-order valence-corrected chi connectivity index (χ1v) is 13.0. The minimum Gasteiger partial charge on any atom is -0.375 e. The van der Waals surface area contributed by atoms with Crippen molar-refractivity contribution in [1.29, 1.82) is 0 Å². The van der Waals surface area contributed by atoms with Crippen molar-refractivity contribution in [3.63, 3.8) is 0 Å². The molecule has 0 aromatic carbocycles. The van der Waals surface area contributed by atoms with Crippen molar-refractivity contribution in [3.8, 4) is 0 Å². The molecule has 0 saturated heterocycles. The number of imidazole rings is 1. The number of nitrogens with one attached hydrogen (secondary N) is 1. The molecule has 1 aromatic heterocycles. The second kappa shape index (κ2) is 21.8. The van der Waals surface area contributed by atoms with Crippen molar-refractivity contribution in [2.45, 2.75) is 79.1 Å². The number of halogens is 3. The first kappa shape index (κ1) is 38.0. The molecule has 1 heterocycles. The second-order valence-electron chi connectivity index (χ2n) is 8.83. The summed E-state index contributed by atoms with van der Waals surface area (Å²) in [6.07, 6.45) is 5.29. The van der Waals surface area contributed by atoms with E-state index in [0.29, 0.717) is 36.8 Å². The fourth-order valence-corrected chi connectivity index (χ4v) is 3.12. The fraction of sp³-hybridized carbons (Fsp3) is 0.552. The minimum atomic E-state index is -4.29. The standard InChI is InChI=1S/C23H36F3N5O2.2C3H6/c1-7-31(18(4)5)22(32)29-19(11-12-23(24,25)26)10-8-9-15-33-16-20(28-17(2)3)21-27-13-14-30(21)6;2*1-3-2/h8,10,13-14,18-19H,2,7,9,11-12,15-16H2,1,3-6H3,(H,29,32);2*3H,1H2,2H3/b10-8-,28-20?;;. The third-order valence-electron chi connectivity index (χ3n) is 4.71. The highest BCUT2D eigenvalue weighted by Gasteiger charge is 2.28. The number of amides is 2. The molecule has 0 bridgehead atoms. The summed E-state index contributed by atoms with van der Waals surface area (Å²) >= 11 is 0. The highest BCUT2D eigenvalue weighted by molar-refractivity contribution is 5.99. The molecule has 222 valence electrons. The van der Waals surface area contributed by atoms with Crippen LogP contribution < -0.4 is 5.32 Å². The molecule has 0 aliphatic heterocycles. The lowest BCUT2D eigenvalue weighted by Crippen LogP contribution is -2.47.